The average molecular weight is 260 g/mol. The van der Waals surface area contributed by atoms with Crippen molar-refractivity contribution in [1.82, 2.24) is 5.16 Å². The first-order valence-corrected chi connectivity index (χ1v) is 5.92. The molecule has 0 spiro atoms. The monoisotopic (exact) mass is 260 g/mol. The summed E-state index contributed by atoms with van der Waals surface area (Å²) in [7, 11) is 0. The number of esters is 1. The maximum absolute atomic E-state index is 11.9. The molecule has 0 aliphatic rings. The molecular formula is C14H16N2O3. The normalized spacial score (nSPS) is 11.3. The lowest BCUT2D eigenvalue weighted by Gasteiger charge is -2.18. The summed E-state index contributed by atoms with van der Waals surface area (Å²) in [6.07, 6.45) is 0. The van der Waals surface area contributed by atoms with Gasteiger partial charge in [0, 0.05) is 5.56 Å². The highest BCUT2D eigenvalue weighted by molar-refractivity contribution is 5.95. The molecule has 5 nitrogen and oxygen atoms in total. The van der Waals surface area contributed by atoms with Crippen LogP contribution in [0.3, 0.4) is 0 Å². The van der Waals surface area contributed by atoms with Gasteiger partial charge >= 0.3 is 5.97 Å². The fourth-order valence-corrected chi connectivity index (χ4v) is 1.57. The van der Waals surface area contributed by atoms with Crippen molar-refractivity contribution in [2.45, 2.75) is 26.4 Å². The third-order valence-corrected chi connectivity index (χ3v) is 2.36. The minimum Gasteiger partial charge on any atom is -0.454 e. The quantitative estimate of drug-likeness (QED) is 0.840. The Balaban J connectivity index is 2.31. The van der Waals surface area contributed by atoms with E-state index in [0.29, 0.717) is 5.69 Å². The van der Waals surface area contributed by atoms with Gasteiger partial charge in [0.25, 0.3) is 5.76 Å². The van der Waals surface area contributed by atoms with Gasteiger partial charge in [-0.15, -0.1) is 0 Å². The van der Waals surface area contributed by atoms with Crippen molar-refractivity contribution >= 4 is 11.7 Å². The molecule has 0 aliphatic heterocycles. The van der Waals surface area contributed by atoms with Crippen LogP contribution in [-0.4, -0.2) is 16.7 Å². The summed E-state index contributed by atoms with van der Waals surface area (Å²) in [5.41, 5.74) is 6.72. The first kappa shape index (κ1) is 13.1. The molecule has 2 aromatic rings. The number of anilines is 1. The number of hydrogen-bond acceptors (Lipinski definition) is 5. The largest absolute Gasteiger partial charge is 0.454 e. The second-order valence-electron chi connectivity index (χ2n) is 5.14. The first-order valence-electron chi connectivity index (χ1n) is 5.92. The van der Waals surface area contributed by atoms with Crippen LogP contribution >= 0.6 is 0 Å². The molecule has 100 valence electrons. The van der Waals surface area contributed by atoms with Crippen LogP contribution in [0.15, 0.2) is 34.9 Å². The number of rotatable bonds is 2. The molecule has 0 aliphatic carbocycles. The van der Waals surface area contributed by atoms with Gasteiger partial charge in [0.1, 0.15) is 17.0 Å². The molecule has 0 saturated heterocycles. The molecule has 1 aromatic heterocycles. The van der Waals surface area contributed by atoms with E-state index in [1.165, 1.54) is 0 Å². The van der Waals surface area contributed by atoms with Crippen molar-refractivity contribution < 1.29 is 14.1 Å². The third-order valence-electron chi connectivity index (χ3n) is 2.36. The molecular weight excluding hydrogens is 244 g/mol. The van der Waals surface area contributed by atoms with Crippen LogP contribution in [0.4, 0.5) is 5.69 Å². The highest BCUT2D eigenvalue weighted by Crippen LogP contribution is 2.28. The Bertz CT molecular complexity index is 582. The number of hydrogen-bond donors (Lipinski definition) is 1. The van der Waals surface area contributed by atoms with Crippen LogP contribution in [0, 0.1) is 0 Å². The summed E-state index contributed by atoms with van der Waals surface area (Å²) < 4.78 is 10.2. The number of carbonyl (C=O) groups is 1. The lowest BCUT2D eigenvalue weighted by molar-refractivity contribution is 0.00294. The van der Waals surface area contributed by atoms with Crippen molar-refractivity contribution in [2.24, 2.45) is 0 Å². The molecule has 2 N–H and O–H groups in total. The molecule has 0 atom stereocenters. The Morgan fingerprint density at radius 1 is 1.26 bits per heavy atom. The molecule has 2 rings (SSSR count). The first-order chi connectivity index (χ1) is 8.88. The van der Waals surface area contributed by atoms with Crippen molar-refractivity contribution in [1.29, 1.82) is 0 Å². The zero-order valence-electron chi connectivity index (χ0n) is 11.1. The minimum atomic E-state index is -0.611. The van der Waals surface area contributed by atoms with E-state index in [9.17, 15) is 4.79 Å². The maximum atomic E-state index is 11.9. The highest BCUT2D eigenvalue weighted by Gasteiger charge is 2.26. The van der Waals surface area contributed by atoms with Gasteiger partial charge in [0.15, 0.2) is 0 Å². The summed E-state index contributed by atoms with van der Waals surface area (Å²) in [5, 5.41) is 3.84. The van der Waals surface area contributed by atoms with E-state index in [4.69, 9.17) is 15.0 Å². The number of carbonyl (C=O) groups excluding carboxylic acids is 1. The van der Waals surface area contributed by atoms with Gasteiger partial charge < -0.3 is 15.0 Å². The number of ether oxygens (including phenoxy) is 1. The summed E-state index contributed by atoms with van der Waals surface area (Å²) in [4.78, 5) is 11.9. The van der Waals surface area contributed by atoms with Crippen LogP contribution in [0.2, 0.25) is 0 Å². The molecule has 0 amide bonds. The number of benzene rings is 1. The van der Waals surface area contributed by atoms with E-state index in [1.54, 1.807) is 20.8 Å². The van der Waals surface area contributed by atoms with Crippen LogP contribution in [0.1, 0.15) is 31.3 Å². The Morgan fingerprint density at radius 3 is 2.47 bits per heavy atom. The highest BCUT2D eigenvalue weighted by atomic mass is 16.6. The van der Waals surface area contributed by atoms with Crippen molar-refractivity contribution in [2.75, 3.05) is 5.73 Å². The summed E-state index contributed by atoms with van der Waals surface area (Å²) >= 11 is 0. The van der Waals surface area contributed by atoms with E-state index < -0.39 is 11.6 Å². The predicted molar refractivity (Wildman–Crippen MR) is 71.5 cm³/mol. The smallest absolute Gasteiger partial charge is 0.379 e. The Kier molecular flexibility index (Phi) is 3.29. The summed E-state index contributed by atoms with van der Waals surface area (Å²) in [6, 6.07) is 9.28. The molecule has 1 heterocycles. The Labute approximate surface area is 111 Å². The predicted octanol–water partition coefficient (Wildman–Crippen LogP) is 2.88. The van der Waals surface area contributed by atoms with Crippen molar-refractivity contribution in [3.05, 3.63) is 36.1 Å². The van der Waals surface area contributed by atoms with Crippen LogP contribution < -0.4 is 5.73 Å². The lowest BCUT2D eigenvalue weighted by Crippen LogP contribution is -2.24. The zero-order chi connectivity index (χ0) is 14.0. The third kappa shape index (κ3) is 2.93. The Hall–Kier alpha value is -2.30. The number of aromatic nitrogens is 1. The molecule has 5 heteroatoms. The van der Waals surface area contributed by atoms with E-state index in [0.717, 1.165) is 5.56 Å². The SMILES string of the molecule is CC(C)(C)OC(=O)c1onc(-c2ccccc2)c1N. The topological polar surface area (TPSA) is 78.3 Å². The zero-order valence-corrected chi connectivity index (χ0v) is 11.1. The molecule has 1 aromatic carbocycles. The molecule has 0 saturated carbocycles. The van der Waals surface area contributed by atoms with Gasteiger partial charge in [-0.3, -0.25) is 0 Å². The average Bonchev–Trinajstić information content (AvgIpc) is 2.70. The Morgan fingerprint density at radius 2 is 1.89 bits per heavy atom. The van der Waals surface area contributed by atoms with Gasteiger partial charge in [-0.1, -0.05) is 35.5 Å². The second kappa shape index (κ2) is 4.76. The molecule has 0 bridgehead atoms. The van der Waals surface area contributed by atoms with Gasteiger partial charge in [-0.2, -0.15) is 0 Å². The van der Waals surface area contributed by atoms with Gasteiger partial charge in [0.05, 0.1) is 0 Å². The minimum absolute atomic E-state index is 0.0613. The fourth-order valence-electron chi connectivity index (χ4n) is 1.57. The maximum Gasteiger partial charge on any atom is 0.379 e. The molecule has 0 radical (unpaired) electrons. The van der Waals surface area contributed by atoms with Crippen LogP contribution in [-0.2, 0) is 4.74 Å². The molecule has 0 unspecified atom stereocenters. The van der Waals surface area contributed by atoms with Crippen LogP contribution in [0.5, 0.6) is 0 Å². The molecule has 19 heavy (non-hydrogen) atoms. The van der Waals surface area contributed by atoms with Crippen LogP contribution in [0.25, 0.3) is 11.3 Å². The van der Waals surface area contributed by atoms with Gasteiger partial charge in [-0.25, -0.2) is 4.79 Å². The van der Waals surface area contributed by atoms with Crippen molar-refractivity contribution in [3.8, 4) is 11.3 Å². The number of nitrogen functional groups attached to an aromatic ring is 1. The standard InChI is InChI=1S/C14H16N2O3/c1-14(2,3)18-13(17)12-10(15)11(16-19-12)9-7-5-4-6-8-9/h4-8H,15H2,1-3H3. The van der Waals surface area contributed by atoms with Gasteiger partial charge in [-0.05, 0) is 20.8 Å². The molecule has 0 fully saturated rings. The fraction of sp³-hybridized carbons (Fsp3) is 0.286. The van der Waals surface area contributed by atoms with E-state index >= 15 is 0 Å². The van der Waals surface area contributed by atoms with E-state index in [-0.39, 0.29) is 11.4 Å². The summed E-state index contributed by atoms with van der Waals surface area (Å²) in [5.74, 6) is -0.673. The van der Waals surface area contributed by atoms with E-state index in [1.807, 2.05) is 30.3 Å². The van der Waals surface area contributed by atoms with Gasteiger partial charge in [0.2, 0.25) is 0 Å². The number of nitrogens with zero attached hydrogens (tertiary/aromatic N) is 1. The lowest BCUT2D eigenvalue weighted by atomic mass is 10.1. The number of nitrogens with two attached hydrogens (primary N) is 1. The van der Waals surface area contributed by atoms with Crippen molar-refractivity contribution in [3.63, 3.8) is 0 Å². The van der Waals surface area contributed by atoms with E-state index in [2.05, 4.69) is 5.16 Å². The second-order valence-corrected chi connectivity index (χ2v) is 5.14. The summed E-state index contributed by atoms with van der Waals surface area (Å²) in [6.45, 7) is 5.32.